The third-order valence-corrected chi connectivity index (χ3v) is 4.19. The fourth-order valence-electron chi connectivity index (χ4n) is 1.73. The van der Waals surface area contributed by atoms with Crippen LogP contribution in [0.15, 0.2) is 29.1 Å². The van der Waals surface area contributed by atoms with E-state index in [1.165, 1.54) is 0 Å². The first-order valence-corrected chi connectivity index (χ1v) is 7.75. The molecule has 0 saturated carbocycles. The van der Waals surface area contributed by atoms with E-state index in [0.717, 1.165) is 26.8 Å². The molecule has 3 rings (SSSR count). The lowest BCUT2D eigenvalue weighted by molar-refractivity contribution is 0.341. The van der Waals surface area contributed by atoms with Crippen LogP contribution in [0.3, 0.4) is 0 Å². The molecule has 0 spiro atoms. The summed E-state index contributed by atoms with van der Waals surface area (Å²) in [5, 5.41) is 6.25. The molecule has 2 aromatic heterocycles. The molecule has 0 aliphatic heterocycles. The van der Waals surface area contributed by atoms with Crippen molar-refractivity contribution in [2.45, 2.75) is 13.5 Å². The minimum Gasteiger partial charge on any atom is -0.494 e. The molecule has 1 aromatic carbocycles. The lowest BCUT2D eigenvalue weighted by Gasteiger charge is -2.00. The van der Waals surface area contributed by atoms with Gasteiger partial charge in [0, 0.05) is 5.38 Å². The molecule has 0 saturated heterocycles. The van der Waals surface area contributed by atoms with Gasteiger partial charge in [0.05, 0.1) is 34.6 Å². The Morgan fingerprint density at radius 3 is 3.11 bits per heavy atom. The monoisotopic (exact) mass is 291 g/mol. The van der Waals surface area contributed by atoms with Gasteiger partial charge in [-0.15, -0.1) is 11.3 Å². The second kappa shape index (κ2) is 5.54. The fraction of sp³-hybridized carbons (Fsp3) is 0.231. The minimum absolute atomic E-state index is 0.680. The zero-order chi connectivity index (χ0) is 13.1. The highest BCUT2D eigenvalue weighted by atomic mass is 32.1. The number of ether oxygens (including phenoxy) is 1. The average Bonchev–Trinajstić information content (AvgIpc) is 3.05. The van der Waals surface area contributed by atoms with Crippen LogP contribution in [0.4, 0.5) is 5.13 Å². The molecule has 3 aromatic rings. The Hall–Kier alpha value is -1.66. The maximum absolute atomic E-state index is 5.49. The molecule has 0 bridgehead atoms. The van der Waals surface area contributed by atoms with E-state index in [-0.39, 0.29) is 0 Å². The van der Waals surface area contributed by atoms with Gasteiger partial charge in [0.1, 0.15) is 5.75 Å². The van der Waals surface area contributed by atoms with Crippen LogP contribution in [0.1, 0.15) is 12.6 Å². The highest BCUT2D eigenvalue weighted by Crippen LogP contribution is 2.29. The Kier molecular flexibility index (Phi) is 3.61. The van der Waals surface area contributed by atoms with Gasteiger partial charge in [0.15, 0.2) is 5.13 Å². The van der Waals surface area contributed by atoms with Crippen molar-refractivity contribution < 1.29 is 4.74 Å². The molecule has 0 fully saturated rings. The second-order valence-electron chi connectivity index (χ2n) is 3.91. The summed E-state index contributed by atoms with van der Waals surface area (Å²) in [5.74, 6) is 0.893. The summed E-state index contributed by atoms with van der Waals surface area (Å²) in [4.78, 5) is 8.78. The van der Waals surface area contributed by atoms with E-state index >= 15 is 0 Å². The van der Waals surface area contributed by atoms with E-state index in [2.05, 4.69) is 15.3 Å². The number of rotatable bonds is 5. The van der Waals surface area contributed by atoms with Gasteiger partial charge >= 0.3 is 0 Å². The van der Waals surface area contributed by atoms with Gasteiger partial charge in [0.25, 0.3) is 0 Å². The molecular formula is C13H13N3OS2. The highest BCUT2D eigenvalue weighted by Gasteiger charge is 2.05. The van der Waals surface area contributed by atoms with Crippen LogP contribution >= 0.6 is 22.7 Å². The number of nitrogens with zero attached hydrogens (tertiary/aromatic N) is 2. The van der Waals surface area contributed by atoms with E-state index in [0.29, 0.717) is 13.2 Å². The van der Waals surface area contributed by atoms with E-state index in [1.807, 2.05) is 36.0 Å². The number of nitrogens with one attached hydrogen (secondary N) is 1. The standard InChI is InChI=1S/C13H13N3OS2/c1-2-17-10-3-4-11-12(5-10)19-13(16-11)14-6-9-7-18-8-15-9/h3-5,7-8H,2,6H2,1H3,(H,14,16). The van der Waals surface area contributed by atoms with Crippen molar-refractivity contribution in [2.75, 3.05) is 11.9 Å². The molecule has 2 heterocycles. The van der Waals surface area contributed by atoms with Crippen LogP contribution in [0.2, 0.25) is 0 Å². The number of anilines is 1. The van der Waals surface area contributed by atoms with Crippen LogP contribution in [0.5, 0.6) is 5.75 Å². The minimum atomic E-state index is 0.680. The number of thiazole rings is 2. The molecule has 0 unspecified atom stereocenters. The number of hydrogen-bond acceptors (Lipinski definition) is 6. The quantitative estimate of drug-likeness (QED) is 0.777. The number of hydrogen-bond donors (Lipinski definition) is 1. The first-order chi connectivity index (χ1) is 9.35. The Morgan fingerprint density at radius 1 is 1.37 bits per heavy atom. The molecule has 19 heavy (non-hydrogen) atoms. The Balaban J connectivity index is 1.77. The van der Waals surface area contributed by atoms with Gasteiger partial charge < -0.3 is 10.1 Å². The van der Waals surface area contributed by atoms with Crippen LogP contribution in [0.25, 0.3) is 10.2 Å². The van der Waals surface area contributed by atoms with Gasteiger partial charge in [-0.25, -0.2) is 9.97 Å². The van der Waals surface area contributed by atoms with E-state index in [9.17, 15) is 0 Å². The Morgan fingerprint density at radius 2 is 2.32 bits per heavy atom. The molecule has 4 nitrogen and oxygen atoms in total. The van der Waals surface area contributed by atoms with Crippen LogP contribution in [0, 0.1) is 0 Å². The zero-order valence-electron chi connectivity index (χ0n) is 10.4. The van der Waals surface area contributed by atoms with E-state index < -0.39 is 0 Å². The van der Waals surface area contributed by atoms with Crippen molar-refractivity contribution in [3.8, 4) is 5.75 Å². The summed E-state index contributed by atoms with van der Waals surface area (Å²) in [6.45, 7) is 3.37. The van der Waals surface area contributed by atoms with Gasteiger partial charge in [-0.3, -0.25) is 0 Å². The Labute approximate surface area is 119 Å². The second-order valence-corrected chi connectivity index (χ2v) is 5.66. The molecule has 98 valence electrons. The van der Waals surface area contributed by atoms with Crippen molar-refractivity contribution >= 4 is 38.0 Å². The molecule has 0 aliphatic rings. The third kappa shape index (κ3) is 2.85. The predicted octanol–water partition coefficient (Wildman–Crippen LogP) is 3.76. The molecule has 0 atom stereocenters. The van der Waals surface area contributed by atoms with Gasteiger partial charge in [0.2, 0.25) is 0 Å². The van der Waals surface area contributed by atoms with Gasteiger partial charge in [-0.2, -0.15) is 0 Å². The predicted molar refractivity (Wildman–Crippen MR) is 80.2 cm³/mol. The van der Waals surface area contributed by atoms with Crippen LogP contribution in [-0.2, 0) is 6.54 Å². The zero-order valence-corrected chi connectivity index (χ0v) is 12.1. The highest BCUT2D eigenvalue weighted by molar-refractivity contribution is 7.22. The molecule has 1 N–H and O–H groups in total. The lowest BCUT2D eigenvalue weighted by Crippen LogP contribution is -1.98. The smallest absolute Gasteiger partial charge is 0.184 e. The summed E-state index contributed by atoms with van der Waals surface area (Å²) in [6, 6.07) is 5.98. The average molecular weight is 291 g/mol. The number of aromatic nitrogens is 2. The first kappa shape index (κ1) is 12.4. The summed E-state index contributed by atoms with van der Waals surface area (Å²) in [7, 11) is 0. The van der Waals surface area contributed by atoms with E-state index in [1.54, 1.807) is 22.7 Å². The van der Waals surface area contributed by atoms with Crippen molar-refractivity contribution in [1.82, 2.24) is 9.97 Å². The topological polar surface area (TPSA) is 47.0 Å². The summed E-state index contributed by atoms with van der Waals surface area (Å²) >= 11 is 3.24. The summed E-state index contributed by atoms with van der Waals surface area (Å²) in [5.41, 5.74) is 3.87. The summed E-state index contributed by atoms with van der Waals surface area (Å²) in [6.07, 6.45) is 0. The fourth-order valence-corrected chi connectivity index (χ4v) is 3.18. The number of benzene rings is 1. The van der Waals surface area contributed by atoms with E-state index in [4.69, 9.17) is 4.74 Å². The normalized spacial score (nSPS) is 10.8. The largest absolute Gasteiger partial charge is 0.494 e. The van der Waals surface area contributed by atoms with Crippen LogP contribution < -0.4 is 10.1 Å². The van der Waals surface area contributed by atoms with Crippen molar-refractivity contribution in [2.24, 2.45) is 0 Å². The van der Waals surface area contributed by atoms with Gasteiger partial charge in [-0.1, -0.05) is 11.3 Å². The van der Waals surface area contributed by atoms with Crippen molar-refractivity contribution in [1.29, 1.82) is 0 Å². The molecular weight excluding hydrogens is 278 g/mol. The molecule has 6 heteroatoms. The Bertz CT molecular complexity index is 664. The van der Waals surface area contributed by atoms with Gasteiger partial charge in [-0.05, 0) is 25.1 Å². The third-order valence-electron chi connectivity index (χ3n) is 2.58. The molecule has 0 aliphatic carbocycles. The van der Waals surface area contributed by atoms with Crippen LogP contribution in [-0.4, -0.2) is 16.6 Å². The number of fused-ring (bicyclic) bond motifs is 1. The first-order valence-electron chi connectivity index (χ1n) is 5.99. The molecule has 0 amide bonds. The maximum atomic E-state index is 5.49. The molecule has 0 radical (unpaired) electrons. The SMILES string of the molecule is CCOc1ccc2nc(NCc3cscn3)sc2c1. The van der Waals surface area contributed by atoms with Crippen molar-refractivity contribution in [3.63, 3.8) is 0 Å². The van der Waals surface area contributed by atoms with Crippen molar-refractivity contribution in [3.05, 3.63) is 34.8 Å². The maximum Gasteiger partial charge on any atom is 0.184 e. The lowest BCUT2D eigenvalue weighted by atomic mass is 10.3. The summed E-state index contributed by atoms with van der Waals surface area (Å²) < 4.78 is 6.62.